The highest BCUT2D eigenvalue weighted by molar-refractivity contribution is 6.12. The summed E-state index contributed by atoms with van der Waals surface area (Å²) in [6, 6.07) is 30.7. The Labute approximate surface area is 399 Å². The SMILES string of the molecule is CCCCCCn1c2cc3c(cc2c2cc4c(cc21)-c1ccccc1C4(CC(CC)CCCC)CC(CC)CCCC)C(CC(CC)CCCC)(CC(CC)CCCC)c1ccccc1-3. The highest BCUT2D eigenvalue weighted by atomic mass is 15.0. The number of hydrogen-bond donors (Lipinski definition) is 0. The van der Waals surface area contributed by atoms with Crippen LogP contribution in [-0.2, 0) is 17.4 Å². The molecule has 1 heteroatoms. The average Bonchev–Trinajstić information content (AvgIpc) is 3.89. The van der Waals surface area contributed by atoms with Crippen LogP contribution in [0.5, 0.6) is 0 Å². The van der Waals surface area contributed by atoms with E-state index in [4.69, 9.17) is 0 Å². The molecule has 4 aromatic carbocycles. The Kier molecular flexibility index (Phi) is 17.6. The van der Waals surface area contributed by atoms with Gasteiger partial charge >= 0.3 is 0 Å². The van der Waals surface area contributed by atoms with Gasteiger partial charge in [-0.2, -0.15) is 0 Å². The molecule has 0 N–H and O–H groups in total. The fraction of sp³-hybridized carbons (Fsp3) is 0.625. The summed E-state index contributed by atoms with van der Waals surface area (Å²) in [6.45, 7) is 22.9. The van der Waals surface area contributed by atoms with Crippen LogP contribution < -0.4 is 0 Å². The van der Waals surface area contributed by atoms with Crippen molar-refractivity contribution in [2.45, 2.75) is 234 Å². The van der Waals surface area contributed by atoms with Gasteiger partial charge in [0.05, 0.1) is 0 Å². The van der Waals surface area contributed by atoms with E-state index < -0.39 is 0 Å². The summed E-state index contributed by atoms with van der Waals surface area (Å²) in [5, 5.41) is 3.05. The molecule has 4 unspecified atom stereocenters. The molecule has 7 rings (SSSR count). The Hall–Kier alpha value is -3.32. The average molecular weight is 876 g/mol. The maximum absolute atomic E-state index is 2.83. The van der Waals surface area contributed by atoms with Crippen molar-refractivity contribution in [1.29, 1.82) is 0 Å². The summed E-state index contributed by atoms with van der Waals surface area (Å²) < 4.78 is 2.81. The van der Waals surface area contributed by atoms with Crippen molar-refractivity contribution < 1.29 is 0 Å². The van der Waals surface area contributed by atoms with Crippen molar-refractivity contribution in [2.24, 2.45) is 23.7 Å². The highest BCUT2D eigenvalue weighted by Gasteiger charge is 2.48. The Morgan fingerprint density at radius 2 is 0.723 bits per heavy atom. The minimum absolute atomic E-state index is 0.0382. The van der Waals surface area contributed by atoms with E-state index in [1.54, 1.807) is 22.3 Å². The van der Waals surface area contributed by atoms with E-state index in [-0.39, 0.29) is 10.8 Å². The molecule has 0 aliphatic heterocycles. The van der Waals surface area contributed by atoms with Gasteiger partial charge in [0.25, 0.3) is 0 Å². The number of unbranched alkanes of at least 4 members (excludes halogenated alkanes) is 7. The summed E-state index contributed by atoms with van der Waals surface area (Å²) in [5.41, 5.74) is 15.7. The van der Waals surface area contributed by atoms with Gasteiger partial charge in [0, 0.05) is 39.2 Å². The van der Waals surface area contributed by atoms with Gasteiger partial charge in [0.2, 0.25) is 0 Å². The molecule has 0 bridgehead atoms. The van der Waals surface area contributed by atoms with Crippen molar-refractivity contribution in [1.82, 2.24) is 4.57 Å². The van der Waals surface area contributed by atoms with Gasteiger partial charge in [0.15, 0.2) is 0 Å². The van der Waals surface area contributed by atoms with Crippen LogP contribution in [0.2, 0.25) is 0 Å². The van der Waals surface area contributed by atoms with Gasteiger partial charge in [-0.25, -0.2) is 0 Å². The standard InChI is InChI=1S/C64H93N/c1-10-19-24-29-38-65-61-41-53-51-34-25-27-36-57(51)63(43-47(15-6)30-20-11-2,44-48(16-7)31-21-12-3)59(53)39-55(61)56-40-60-54(42-62(56)65)52-35-26-28-37-58(52)64(60,45-49(17-8)32-22-13-4)46-50(18-9)33-23-14-5/h25-28,34-37,39-42,47-50H,10-24,29-33,38,43-46H2,1-9H3. The molecule has 2 aliphatic rings. The van der Waals surface area contributed by atoms with Crippen molar-refractivity contribution in [2.75, 3.05) is 0 Å². The molecule has 5 aromatic rings. The summed E-state index contributed by atoms with van der Waals surface area (Å²) in [7, 11) is 0. The molecule has 0 saturated heterocycles. The second kappa shape index (κ2) is 23.1. The minimum atomic E-state index is 0.0382. The Morgan fingerprint density at radius 1 is 0.369 bits per heavy atom. The molecule has 0 amide bonds. The van der Waals surface area contributed by atoms with Gasteiger partial charge in [-0.15, -0.1) is 0 Å². The quantitative estimate of drug-likeness (QED) is 0.0422. The highest BCUT2D eigenvalue weighted by Crippen LogP contribution is 2.60. The first kappa shape index (κ1) is 49.6. The molecule has 2 aliphatic carbocycles. The zero-order valence-corrected chi connectivity index (χ0v) is 43.4. The molecule has 65 heavy (non-hydrogen) atoms. The largest absolute Gasteiger partial charge is 0.340 e. The number of aromatic nitrogens is 1. The van der Waals surface area contributed by atoms with Gasteiger partial charge in [0.1, 0.15) is 0 Å². The van der Waals surface area contributed by atoms with Crippen LogP contribution in [-0.4, -0.2) is 4.57 Å². The van der Waals surface area contributed by atoms with Crippen molar-refractivity contribution in [3.63, 3.8) is 0 Å². The lowest BCUT2D eigenvalue weighted by atomic mass is 9.65. The second-order valence-corrected chi connectivity index (χ2v) is 21.8. The van der Waals surface area contributed by atoms with Gasteiger partial charge < -0.3 is 4.57 Å². The van der Waals surface area contributed by atoms with E-state index in [1.807, 2.05) is 0 Å². The fourth-order valence-corrected chi connectivity index (χ4v) is 13.7. The molecule has 354 valence electrons. The zero-order valence-electron chi connectivity index (χ0n) is 43.4. The van der Waals surface area contributed by atoms with E-state index >= 15 is 0 Å². The third-order valence-corrected chi connectivity index (χ3v) is 17.6. The van der Waals surface area contributed by atoms with Crippen LogP contribution in [0.4, 0.5) is 0 Å². The maximum atomic E-state index is 2.83. The van der Waals surface area contributed by atoms with Crippen LogP contribution in [0.15, 0.2) is 72.8 Å². The van der Waals surface area contributed by atoms with E-state index in [0.29, 0.717) is 0 Å². The van der Waals surface area contributed by atoms with Gasteiger partial charge in [-0.3, -0.25) is 0 Å². The van der Waals surface area contributed by atoms with Crippen molar-refractivity contribution >= 4 is 21.8 Å². The number of nitrogens with zero attached hydrogens (tertiary/aromatic N) is 1. The number of benzene rings is 4. The molecule has 1 nitrogen and oxygen atoms in total. The lowest BCUT2D eigenvalue weighted by Gasteiger charge is -2.39. The molecule has 0 saturated carbocycles. The molecule has 1 heterocycles. The molecular weight excluding hydrogens is 783 g/mol. The first-order chi connectivity index (χ1) is 31.8. The van der Waals surface area contributed by atoms with Crippen LogP contribution >= 0.6 is 0 Å². The zero-order chi connectivity index (χ0) is 46.0. The van der Waals surface area contributed by atoms with E-state index in [9.17, 15) is 0 Å². The Morgan fingerprint density at radius 3 is 1.06 bits per heavy atom. The van der Waals surface area contributed by atoms with E-state index in [0.717, 1.165) is 30.2 Å². The van der Waals surface area contributed by atoms with Crippen molar-refractivity contribution in [3.05, 3.63) is 95.1 Å². The maximum Gasteiger partial charge on any atom is 0.0497 e. The smallest absolute Gasteiger partial charge is 0.0497 e. The Bertz CT molecular complexity index is 2080. The number of fused-ring (bicyclic) bond motifs is 9. The fourth-order valence-electron chi connectivity index (χ4n) is 13.7. The number of aryl methyl sites for hydroxylation is 1. The molecule has 4 atom stereocenters. The summed E-state index contributed by atoms with van der Waals surface area (Å²) in [4.78, 5) is 0. The molecular formula is C64H93N. The van der Waals surface area contributed by atoms with Gasteiger partial charge in [-0.1, -0.05) is 233 Å². The summed E-state index contributed by atoms with van der Waals surface area (Å²) >= 11 is 0. The lowest BCUT2D eigenvalue weighted by molar-refractivity contribution is 0.266. The van der Waals surface area contributed by atoms with Crippen LogP contribution in [0.3, 0.4) is 0 Å². The van der Waals surface area contributed by atoms with Crippen molar-refractivity contribution in [3.8, 4) is 22.3 Å². The molecule has 0 fully saturated rings. The molecule has 0 radical (unpaired) electrons. The van der Waals surface area contributed by atoms with E-state index in [2.05, 4.69) is 140 Å². The first-order valence-corrected chi connectivity index (χ1v) is 28.2. The predicted molar refractivity (Wildman–Crippen MR) is 288 cm³/mol. The summed E-state index contributed by atoms with van der Waals surface area (Å²) in [5.74, 6) is 2.92. The van der Waals surface area contributed by atoms with Crippen LogP contribution in [0, 0.1) is 23.7 Å². The topological polar surface area (TPSA) is 4.93 Å². The van der Waals surface area contributed by atoms with Crippen LogP contribution in [0.25, 0.3) is 44.1 Å². The minimum Gasteiger partial charge on any atom is -0.340 e. The number of hydrogen-bond acceptors (Lipinski definition) is 0. The molecule has 0 spiro atoms. The van der Waals surface area contributed by atoms with Crippen LogP contribution in [0.1, 0.15) is 239 Å². The summed E-state index contributed by atoms with van der Waals surface area (Å²) in [6.07, 6.45) is 31.2. The van der Waals surface area contributed by atoms with E-state index in [1.165, 1.54) is 198 Å². The normalized spacial score (nSPS) is 19.3. The third kappa shape index (κ3) is 9.98. The first-order valence-electron chi connectivity index (χ1n) is 28.2. The lowest BCUT2D eigenvalue weighted by Crippen LogP contribution is -2.31. The monoisotopic (exact) mass is 876 g/mol. The predicted octanol–water partition coefficient (Wildman–Crippen LogP) is 20.3. The number of rotatable bonds is 29. The second-order valence-electron chi connectivity index (χ2n) is 21.8. The molecule has 1 aromatic heterocycles. The third-order valence-electron chi connectivity index (χ3n) is 17.6. The Balaban J connectivity index is 1.53. The van der Waals surface area contributed by atoms with Gasteiger partial charge in [-0.05, 0) is 125 Å².